The number of aromatic amines is 2. The Hall–Kier alpha value is -4.20. The fourth-order valence-electron chi connectivity index (χ4n) is 4.38. The van der Waals surface area contributed by atoms with Gasteiger partial charge in [0.25, 0.3) is 0 Å². The van der Waals surface area contributed by atoms with Gasteiger partial charge in [0.05, 0.1) is 11.1 Å². The summed E-state index contributed by atoms with van der Waals surface area (Å²) in [6.45, 7) is 0. The van der Waals surface area contributed by atoms with Crippen LogP contribution in [0.15, 0.2) is 60.9 Å². The predicted molar refractivity (Wildman–Crippen MR) is 129 cm³/mol. The number of aldehydes is 1. The van der Waals surface area contributed by atoms with E-state index in [4.69, 9.17) is 0 Å². The van der Waals surface area contributed by atoms with E-state index in [0.29, 0.717) is 24.8 Å². The van der Waals surface area contributed by atoms with E-state index in [-0.39, 0.29) is 28.7 Å². The van der Waals surface area contributed by atoms with Gasteiger partial charge in [-0.05, 0) is 41.3 Å². The molecule has 0 amide bonds. The molecule has 5 rings (SSSR count). The molecule has 2 aromatic heterocycles. The predicted octanol–water partition coefficient (Wildman–Crippen LogP) is 6.43. The maximum atomic E-state index is 14.9. The Bertz CT molecular complexity index is 1570. The van der Waals surface area contributed by atoms with Crippen molar-refractivity contribution in [2.75, 3.05) is 0 Å². The number of aryl methyl sites for hydroxylation is 1. The van der Waals surface area contributed by atoms with Crippen molar-refractivity contribution in [3.63, 3.8) is 0 Å². The lowest BCUT2D eigenvalue weighted by molar-refractivity contribution is -0.107. The number of benzene rings is 3. The number of fused-ring (bicyclic) bond motifs is 1. The van der Waals surface area contributed by atoms with Gasteiger partial charge in [-0.15, -0.1) is 0 Å². The average Bonchev–Trinajstić information content (AvgIpc) is 3.55. The molecule has 0 atom stereocenters. The van der Waals surface area contributed by atoms with Crippen molar-refractivity contribution in [3.05, 3.63) is 112 Å². The van der Waals surface area contributed by atoms with Gasteiger partial charge in [-0.2, -0.15) is 0 Å². The van der Waals surface area contributed by atoms with E-state index in [1.54, 1.807) is 6.20 Å². The van der Waals surface area contributed by atoms with Crippen LogP contribution in [-0.2, 0) is 24.1 Å². The Balaban J connectivity index is 1.41. The molecule has 5 aromatic rings. The van der Waals surface area contributed by atoms with Crippen molar-refractivity contribution >= 4 is 17.2 Å². The molecule has 0 radical (unpaired) electrons. The minimum Gasteiger partial charge on any atom is -0.359 e. The largest absolute Gasteiger partial charge is 0.359 e. The molecule has 0 spiro atoms. The highest BCUT2D eigenvalue weighted by atomic mass is 19.2. The molecule has 36 heavy (non-hydrogen) atoms. The molecule has 182 valence electrons. The molecule has 8 heteroatoms. The molecule has 0 bridgehead atoms. The second kappa shape index (κ2) is 9.81. The maximum Gasteiger partial charge on any atom is 0.183 e. The first-order chi connectivity index (χ1) is 17.4. The monoisotopic (exact) mass is 491 g/mol. The molecule has 0 aliphatic heterocycles. The number of nitrogens with one attached hydrogen (secondary N) is 2. The zero-order chi connectivity index (χ0) is 25.2. The zero-order valence-corrected chi connectivity index (χ0v) is 19.0. The summed E-state index contributed by atoms with van der Waals surface area (Å²) < 4.78 is 58.6. The smallest absolute Gasteiger partial charge is 0.183 e. The number of hydrogen-bond acceptors (Lipinski definition) is 2. The SMILES string of the molecule is O=CCCc1cccc(Cc2cnc(-c3cc(Cc4c(F)c(F)c5[nH]ccc5c4F)ccc3F)[nH]2)c1. The summed E-state index contributed by atoms with van der Waals surface area (Å²) in [6, 6.07) is 13.2. The number of H-pyrrole nitrogens is 2. The number of hydrogen-bond donors (Lipinski definition) is 2. The third-order valence-corrected chi connectivity index (χ3v) is 6.16. The first-order valence-corrected chi connectivity index (χ1v) is 11.4. The minimum atomic E-state index is -1.27. The lowest BCUT2D eigenvalue weighted by Crippen LogP contribution is -2.02. The molecule has 0 unspecified atom stereocenters. The van der Waals surface area contributed by atoms with Crippen molar-refractivity contribution in [1.29, 1.82) is 0 Å². The van der Waals surface area contributed by atoms with Crippen LogP contribution in [0.5, 0.6) is 0 Å². The van der Waals surface area contributed by atoms with Gasteiger partial charge in [0.2, 0.25) is 0 Å². The van der Waals surface area contributed by atoms with E-state index in [1.165, 1.54) is 30.5 Å². The molecular formula is C28H21F4N3O. The molecule has 0 fully saturated rings. The molecule has 0 aliphatic carbocycles. The van der Waals surface area contributed by atoms with Crippen LogP contribution in [0.3, 0.4) is 0 Å². The third-order valence-electron chi connectivity index (χ3n) is 6.16. The van der Waals surface area contributed by atoms with E-state index < -0.39 is 28.8 Å². The van der Waals surface area contributed by atoms with Gasteiger partial charge in [-0.1, -0.05) is 30.3 Å². The second-order valence-electron chi connectivity index (χ2n) is 8.64. The molecule has 0 saturated carbocycles. The fourth-order valence-corrected chi connectivity index (χ4v) is 4.38. The van der Waals surface area contributed by atoms with Crippen LogP contribution >= 0.6 is 0 Å². The molecule has 4 nitrogen and oxygen atoms in total. The molecule has 0 aliphatic rings. The first kappa shape index (κ1) is 23.5. The Morgan fingerprint density at radius 3 is 2.50 bits per heavy atom. The van der Waals surface area contributed by atoms with Crippen molar-refractivity contribution in [3.8, 4) is 11.4 Å². The van der Waals surface area contributed by atoms with Crippen molar-refractivity contribution < 1.29 is 22.4 Å². The Labute approximate surface area is 204 Å². The van der Waals surface area contributed by atoms with Crippen LogP contribution in [-0.4, -0.2) is 21.2 Å². The summed E-state index contributed by atoms with van der Waals surface area (Å²) in [4.78, 5) is 20.5. The van der Waals surface area contributed by atoms with Gasteiger partial charge < -0.3 is 14.8 Å². The molecule has 2 N–H and O–H groups in total. The number of rotatable bonds is 8. The first-order valence-electron chi connectivity index (χ1n) is 11.4. The van der Waals surface area contributed by atoms with Gasteiger partial charge in [0.1, 0.15) is 23.7 Å². The van der Waals surface area contributed by atoms with Crippen molar-refractivity contribution in [1.82, 2.24) is 15.0 Å². The van der Waals surface area contributed by atoms with E-state index >= 15 is 0 Å². The van der Waals surface area contributed by atoms with Gasteiger partial charge in [-0.25, -0.2) is 22.5 Å². The van der Waals surface area contributed by atoms with E-state index in [0.717, 1.165) is 23.1 Å². The van der Waals surface area contributed by atoms with Crippen LogP contribution in [0, 0.1) is 23.3 Å². The van der Waals surface area contributed by atoms with E-state index in [2.05, 4.69) is 15.0 Å². The molecular weight excluding hydrogens is 470 g/mol. The summed E-state index contributed by atoms with van der Waals surface area (Å²) in [5.74, 6) is -3.56. The zero-order valence-electron chi connectivity index (χ0n) is 19.0. The Morgan fingerprint density at radius 2 is 1.67 bits per heavy atom. The number of nitrogens with zero attached hydrogens (tertiary/aromatic N) is 1. The van der Waals surface area contributed by atoms with Gasteiger partial charge >= 0.3 is 0 Å². The average molecular weight is 491 g/mol. The number of imidazole rings is 1. The maximum absolute atomic E-state index is 14.9. The van der Waals surface area contributed by atoms with Crippen LogP contribution in [0.2, 0.25) is 0 Å². The normalized spacial score (nSPS) is 11.3. The summed E-state index contributed by atoms with van der Waals surface area (Å²) >= 11 is 0. The Morgan fingerprint density at radius 1 is 0.861 bits per heavy atom. The van der Waals surface area contributed by atoms with Crippen LogP contribution in [0.25, 0.3) is 22.3 Å². The minimum absolute atomic E-state index is 0.0443. The molecule has 3 aromatic carbocycles. The summed E-state index contributed by atoms with van der Waals surface area (Å²) in [7, 11) is 0. The quantitative estimate of drug-likeness (QED) is 0.149. The summed E-state index contributed by atoms with van der Waals surface area (Å²) in [5.41, 5.74) is 2.70. The lowest BCUT2D eigenvalue weighted by atomic mass is 9.99. The number of aromatic nitrogens is 3. The van der Waals surface area contributed by atoms with Crippen molar-refractivity contribution in [2.45, 2.75) is 25.7 Å². The van der Waals surface area contributed by atoms with E-state index in [1.807, 2.05) is 24.3 Å². The number of halogens is 4. The van der Waals surface area contributed by atoms with Gasteiger partial charge in [0, 0.05) is 48.3 Å². The Kier molecular flexibility index (Phi) is 6.41. The lowest BCUT2D eigenvalue weighted by Gasteiger charge is -2.10. The summed E-state index contributed by atoms with van der Waals surface area (Å²) in [5, 5.41) is -0.0443. The standard InChI is InChI=1S/C28H21F4N3O/c29-23-7-6-18(14-22-24(30)20-8-9-33-27(20)26(32)25(22)31)13-21(23)28-34-15-19(35-28)12-17-4-1-3-16(11-17)5-2-10-36/h1,3-4,6-11,13,15,33H,2,5,12,14H2,(H,34,35). The fraction of sp³-hybridized carbons (Fsp3) is 0.143. The third kappa shape index (κ3) is 4.54. The van der Waals surface area contributed by atoms with Crippen LogP contribution in [0.1, 0.15) is 34.4 Å². The summed E-state index contributed by atoms with van der Waals surface area (Å²) in [6.07, 6.45) is 5.20. The van der Waals surface area contributed by atoms with Gasteiger partial charge in [-0.3, -0.25) is 0 Å². The number of carbonyl (C=O) groups excluding carboxylic acids is 1. The highest BCUT2D eigenvalue weighted by Gasteiger charge is 2.21. The highest BCUT2D eigenvalue weighted by molar-refractivity contribution is 5.82. The topological polar surface area (TPSA) is 61.5 Å². The number of carbonyl (C=O) groups is 1. The van der Waals surface area contributed by atoms with E-state index in [9.17, 15) is 22.4 Å². The van der Waals surface area contributed by atoms with Crippen molar-refractivity contribution in [2.24, 2.45) is 0 Å². The highest BCUT2D eigenvalue weighted by Crippen LogP contribution is 2.30. The second-order valence-corrected chi connectivity index (χ2v) is 8.64. The molecule has 2 heterocycles. The van der Waals surface area contributed by atoms with Gasteiger partial charge in [0.15, 0.2) is 11.6 Å². The van der Waals surface area contributed by atoms with Crippen LogP contribution < -0.4 is 0 Å². The van der Waals surface area contributed by atoms with Crippen LogP contribution in [0.4, 0.5) is 17.6 Å². The molecule has 0 saturated heterocycles.